The molecule has 21 N–H and O–H groups in total. The van der Waals surface area contributed by atoms with E-state index in [0.29, 0.717) is 12.2 Å². The smallest absolute Gasteiger partial charge is 0.331 e. The van der Waals surface area contributed by atoms with E-state index in [-0.39, 0.29) is 0 Å². The molecule has 484 valence electrons. The molecule has 21 fully saturated rings. The van der Waals surface area contributed by atoms with E-state index in [1.54, 1.807) is 0 Å². The van der Waals surface area contributed by atoms with Crippen molar-refractivity contribution in [1.82, 2.24) is 0 Å². The van der Waals surface area contributed by atoms with Crippen LogP contribution in [0.2, 0.25) is 0 Å². The van der Waals surface area contributed by atoms with E-state index in [2.05, 4.69) is 0 Å². The largest absolute Gasteiger partial charge is 0.478 e. The number of ether oxygens (including phenoxy) is 15. The summed E-state index contributed by atoms with van der Waals surface area (Å²) in [7, 11) is 0. The molecule has 0 aliphatic carbocycles. The fraction of sp³-hybridized carbons (Fsp3) is 0.913. The topological polar surface area (TPSA) is 597 Å². The molecular formula is C46H72O38. The first kappa shape index (κ1) is 67.3. The highest BCUT2D eigenvalue weighted by atomic mass is 16.8. The van der Waals surface area contributed by atoms with Gasteiger partial charge in [-0.2, -0.15) is 0 Å². The van der Waals surface area contributed by atoms with Gasteiger partial charge in [-0.15, -0.1) is 0 Å². The maximum Gasteiger partial charge on any atom is 0.331 e. The van der Waals surface area contributed by atoms with E-state index >= 15 is 0 Å². The van der Waals surface area contributed by atoms with Crippen LogP contribution in [-0.2, 0) is 80.6 Å². The third-order valence-electron chi connectivity index (χ3n) is 15.4. The number of aliphatic hydroxyl groups excluding tert-OH is 20. The molecule has 0 aromatic rings. The lowest BCUT2D eigenvalue weighted by Crippen LogP contribution is -2.68. The van der Waals surface area contributed by atoms with Crippen LogP contribution in [0.3, 0.4) is 0 Å². The van der Waals surface area contributed by atoms with Crippen molar-refractivity contribution in [1.29, 1.82) is 0 Å². The highest BCUT2D eigenvalue weighted by Gasteiger charge is 2.59. The zero-order chi connectivity index (χ0) is 61.3. The van der Waals surface area contributed by atoms with Crippen LogP contribution in [0.25, 0.3) is 0 Å². The minimum Gasteiger partial charge on any atom is -0.478 e. The van der Waals surface area contributed by atoms with E-state index in [4.69, 9.17) is 76.2 Å². The Balaban J connectivity index is 1.10. The Morgan fingerprint density at radius 1 is 0.274 bits per heavy atom. The lowest BCUT2D eigenvalue weighted by molar-refractivity contribution is -0.396. The second kappa shape index (κ2) is 28.9. The van der Waals surface area contributed by atoms with E-state index in [1.807, 2.05) is 0 Å². The number of hydrogen-bond acceptors (Lipinski definition) is 37. The summed E-state index contributed by atoms with van der Waals surface area (Å²) in [6, 6.07) is 0. The van der Waals surface area contributed by atoms with E-state index in [1.165, 1.54) is 0 Å². The zero-order valence-electron chi connectivity index (χ0n) is 43.6. The number of carbonyl (C=O) groups excluding carboxylic acids is 1. The molecule has 0 unspecified atom stereocenters. The van der Waals surface area contributed by atoms with Crippen molar-refractivity contribution in [3.05, 3.63) is 12.2 Å². The Bertz CT molecular complexity index is 2120. The van der Waals surface area contributed by atoms with Gasteiger partial charge in [-0.3, -0.25) is 0 Å². The highest BCUT2D eigenvalue weighted by molar-refractivity contribution is 5.90. The molecule has 38 nitrogen and oxygen atoms in total. The van der Waals surface area contributed by atoms with Crippen LogP contribution in [0, 0.1) is 0 Å². The second-order valence-corrected chi connectivity index (χ2v) is 20.8. The Hall–Kier alpha value is -2.68. The molecule has 21 aliphatic heterocycles. The summed E-state index contributed by atoms with van der Waals surface area (Å²) in [6.45, 7) is -7.61. The Labute approximate surface area is 472 Å². The molecule has 21 saturated heterocycles. The minimum atomic E-state index is -2.34. The SMILES string of the molecule is O=C(O)/C=C/C(=O)OC[C@H]1O[C@@H]2O[C@H]3[C@H](O)[C@@H](O)[C@@H](O[C@H]4[C@H](O)[C@@H](O)[C@@H](O[C@H]5[C@H](O)[C@@H](O)[C@@H](O[C@H]6[C@H](O)[C@@H](O)[C@@H](O[C@H]7[C@H](O)[C@@H](O)[C@@H](O[C@H]8[C@H](O)[C@@H](O)[C@@H](O[C@H]1[C@H](O)[C@H]2O)O[C@@H]8CO)O[C@@H]7CO)O[C@@H]6CO)O[C@@H]5CO)O[C@@H]4CO)O[C@@H]3CO. The molecule has 38 heteroatoms. The summed E-state index contributed by atoms with van der Waals surface area (Å²) in [6.07, 6.45) is -72.0. The first-order chi connectivity index (χ1) is 39.9. The van der Waals surface area contributed by atoms with Crippen LogP contribution >= 0.6 is 0 Å². The number of hydrogen-bond donors (Lipinski definition) is 21. The fourth-order valence-electron chi connectivity index (χ4n) is 10.8. The van der Waals surface area contributed by atoms with Crippen LogP contribution in [0.4, 0.5) is 0 Å². The van der Waals surface area contributed by atoms with Crippen molar-refractivity contribution in [3.8, 4) is 0 Å². The van der Waals surface area contributed by atoms with Gasteiger partial charge in [0.1, 0.15) is 178 Å². The standard InChI is InChI=1S/C46H72O38/c47-3-10-33-20(57)27(64)41(72-10)80-35-12(5-49)74-43(29(66)22(35)59)82-37-14(7-51)76-45(31(68)24(37)61)84-39-16(9-70-18(55)2-1-17(53)54)77-46(32(69)25(39)62)83-38-15(8-52)75-44(30(67)23(38)60)81-36-13(6-50)73-42(28(65)21(36)58)79-34-11(4-48)71-40(78-33)26(63)19(34)56/h1-2,10-16,19-52,56-69H,3-9H2,(H,53,54)/b2-1+/t10-,11-,12-,13-,14-,15-,16-,19-,20-,21-,22-,23-,24-,25-,26-,27-,28-,29-,30-,31-,32-,33-,34-,35-,36-,37-,38-,39-,40-,41-,42-,43-,44-,45-,46-/m1/s1. The summed E-state index contributed by atoms with van der Waals surface area (Å²) in [5.41, 5.74) is 0. The Morgan fingerprint density at radius 2 is 0.452 bits per heavy atom. The van der Waals surface area contributed by atoms with Crippen LogP contribution < -0.4 is 0 Å². The molecule has 0 saturated carbocycles. The lowest BCUT2D eigenvalue weighted by atomic mass is 9.95. The van der Waals surface area contributed by atoms with Crippen LogP contribution in [0.5, 0.6) is 0 Å². The maximum absolute atomic E-state index is 12.6. The average molecular weight is 1230 g/mol. The van der Waals surface area contributed by atoms with Gasteiger partial charge in [-0.05, 0) is 0 Å². The third kappa shape index (κ3) is 13.9. The number of carboxylic acid groups (broad SMARTS) is 1. The predicted octanol–water partition coefficient (Wildman–Crippen LogP) is -15.0. The van der Waals surface area contributed by atoms with Crippen molar-refractivity contribution in [3.63, 3.8) is 0 Å². The van der Waals surface area contributed by atoms with Crippen LogP contribution in [-0.4, -0.2) is 380 Å². The van der Waals surface area contributed by atoms with E-state index in [9.17, 15) is 112 Å². The molecule has 0 aromatic carbocycles. The van der Waals surface area contributed by atoms with Crippen molar-refractivity contribution in [2.24, 2.45) is 0 Å². The van der Waals surface area contributed by atoms with Crippen molar-refractivity contribution in [2.45, 2.75) is 215 Å². The normalized spacial score (nSPS) is 51.7. The van der Waals surface area contributed by atoms with E-state index in [0.717, 1.165) is 0 Å². The van der Waals surface area contributed by atoms with Crippen LogP contribution in [0.1, 0.15) is 0 Å². The van der Waals surface area contributed by atoms with Gasteiger partial charge >= 0.3 is 11.9 Å². The molecule has 21 aliphatic rings. The van der Waals surface area contributed by atoms with E-state index < -0.39 is 273 Å². The van der Waals surface area contributed by atoms with Gasteiger partial charge in [-0.1, -0.05) is 0 Å². The summed E-state index contributed by atoms with van der Waals surface area (Å²) in [4.78, 5) is 23.6. The van der Waals surface area contributed by atoms with Gasteiger partial charge in [0, 0.05) is 12.2 Å². The number of rotatable bonds is 10. The molecule has 21 rings (SSSR count). The monoisotopic (exact) mass is 1230 g/mol. The Kier molecular flexibility index (Phi) is 23.1. The van der Waals surface area contributed by atoms with Crippen LogP contribution in [0.15, 0.2) is 12.2 Å². The van der Waals surface area contributed by atoms with Crippen molar-refractivity contribution >= 4 is 11.9 Å². The average Bonchev–Trinajstić information content (AvgIpc) is 2.86. The molecule has 0 spiro atoms. The van der Waals surface area contributed by atoms with Gasteiger partial charge < -0.3 is 178 Å². The van der Waals surface area contributed by atoms with Gasteiger partial charge in [0.05, 0.1) is 39.6 Å². The second-order valence-electron chi connectivity index (χ2n) is 20.8. The fourth-order valence-corrected chi connectivity index (χ4v) is 10.8. The molecule has 0 radical (unpaired) electrons. The number of carboxylic acids is 1. The van der Waals surface area contributed by atoms with Gasteiger partial charge in [0.2, 0.25) is 0 Å². The van der Waals surface area contributed by atoms with Gasteiger partial charge in [0.25, 0.3) is 0 Å². The molecule has 21 heterocycles. The molecule has 84 heavy (non-hydrogen) atoms. The summed E-state index contributed by atoms with van der Waals surface area (Å²) in [5, 5.41) is 231. The highest BCUT2D eigenvalue weighted by Crippen LogP contribution is 2.39. The quantitative estimate of drug-likeness (QED) is 0.0713. The first-order valence-electron chi connectivity index (χ1n) is 26.3. The molecule has 14 bridgehead atoms. The molecular weight excluding hydrogens is 1160 g/mol. The maximum atomic E-state index is 12.6. The molecule has 35 atom stereocenters. The summed E-state index contributed by atoms with van der Waals surface area (Å²) < 4.78 is 85.0. The molecule has 0 aromatic heterocycles. The van der Waals surface area contributed by atoms with Gasteiger partial charge in [0.15, 0.2) is 44.0 Å². The number of carbonyl (C=O) groups is 2. The first-order valence-corrected chi connectivity index (χ1v) is 26.3. The minimum absolute atomic E-state index is 0.384. The predicted molar refractivity (Wildman–Crippen MR) is 249 cm³/mol. The summed E-state index contributed by atoms with van der Waals surface area (Å²) in [5.74, 6) is -2.92. The third-order valence-corrected chi connectivity index (χ3v) is 15.4. The lowest BCUT2D eigenvalue weighted by Gasteiger charge is -2.50. The Morgan fingerprint density at radius 3 is 0.631 bits per heavy atom. The summed E-state index contributed by atoms with van der Waals surface area (Å²) >= 11 is 0. The van der Waals surface area contributed by atoms with Crippen molar-refractivity contribution in [2.75, 3.05) is 46.2 Å². The number of aliphatic hydroxyl groups is 20. The zero-order valence-corrected chi connectivity index (χ0v) is 43.6. The van der Waals surface area contributed by atoms with Gasteiger partial charge in [-0.25, -0.2) is 9.59 Å². The number of aliphatic carboxylic acids is 1. The molecule has 0 amide bonds. The number of esters is 1. The van der Waals surface area contributed by atoms with Crippen molar-refractivity contribution < 1.29 is 188 Å².